The molecule has 18 rings (SSSR count). The number of carbonyl (C=O) groups is 3. The van der Waals surface area contributed by atoms with Crippen LogP contribution in [0.3, 0.4) is 0 Å². The first-order valence-electron chi connectivity index (χ1n) is 41.2. The van der Waals surface area contributed by atoms with Crippen LogP contribution in [0.15, 0.2) is 188 Å². The van der Waals surface area contributed by atoms with Crippen LogP contribution < -0.4 is 82.1 Å². The number of methoxy groups -OCH3 is 3. The summed E-state index contributed by atoms with van der Waals surface area (Å²) in [4.78, 5) is 94.6. The van der Waals surface area contributed by atoms with Crippen molar-refractivity contribution >= 4 is 143 Å². The first kappa shape index (κ1) is 100. The highest BCUT2D eigenvalue weighted by Gasteiger charge is 2.47. The Labute approximate surface area is 801 Å². The summed E-state index contributed by atoms with van der Waals surface area (Å²) in [6, 6.07) is 36.6. The maximum atomic E-state index is 13.2. The first-order valence-corrected chi connectivity index (χ1v) is 42.4. The Kier molecular flexibility index (Phi) is 31.3. The third kappa shape index (κ3) is 25.5. The van der Waals surface area contributed by atoms with Gasteiger partial charge in [0.05, 0.1) is 170 Å². The van der Waals surface area contributed by atoms with E-state index in [9.17, 15) is 69.7 Å². The molecule has 0 radical (unpaired) electrons. The zero-order valence-electron chi connectivity index (χ0n) is 75.0. The summed E-state index contributed by atoms with van der Waals surface area (Å²) < 4.78 is 125. The van der Waals surface area contributed by atoms with E-state index in [1.807, 2.05) is 36.4 Å². The molecule has 0 aliphatic carbocycles. The minimum Gasteiger partial charge on any atom is -0.494 e. The summed E-state index contributed by atoms with van der Waals surface area (Å²) in [7, 11) is 14.4. The molecule has 11 aromatic heterocycles. The highest BCUT2D eigenvalue weighted by molar-refractivity contribution is 9.10. The van der Waals surface area contributed by atoms with E-state index in [1.54, 1.807) is 149 Å². The topological polar surface area (TPSA) is 534 Å². The van der Waals surface area contributed by atoms with Crippen molar-refractivity contribution in [1.82, 2.24) is 116 Å². The van der Waals surface area contributed by atoms with Crippen LogP contribution >= 0.6 is 27.5 Å². The maximum Gasteiger partial charge on any atom is 0.363 e. The molecule has 4 saturated heterocycles. The summed E-state index contributed by atoms with van der Waals surface area (Å²) in [5.74, 6) is -7.42. The molecule has 728 valence electrons. The molecule has 0 unspecified atom stereocenters. The van der Waals surface area contributed by atoms with Crippen molar-refractivity contribution in [1.29, 1.82) is 0 Å². The number of aryl methyl sites for hydroxylation is 3. The summed E-state index contributed by atoms with van der Waals surface area (Å²) in [5, 5.41) is 80.6. The van der Waals surface area contributed by atoms with Crippen LogP contribution in [0, 0.1) is 20.2 Å². The van der Waals surface area contributed by atoms with E-state index in [0.29, 0.717) is 137 Å². The van der Waals surface area contributed by atoms with Gasteiger partial charge in [0.25, 0.3) is 41.4 Å². The number of nitrogen functional groups attached to an aromatic ring is 1. The molecule has 140 heavy (non-hydrogen) atoms. The molecule has 0 saturated carbocycles. The number of hydrogen-bond acceptors (Lipinski definition) is 37. The number of nitrogens with zero attached hydrogens (tertiary/aromatic N) is 26. The van der Waals surface area contributed by atoms with E-state index in [-0.39, 0.29) is 86.2 Å². The second kappa shape index (κ2) is 43.7. The molecule has 14 aromatic rings. The lowest BCUT2D eigenvalue weighted by molar-refractivity contribution is -0.389. The predicted molar refractivity (Wildman–Crippen MR) is 502 cm³/mol. The predicted octanol–water partition coefficient (Wildman–Crippen LogP) is 12.3. The number of amides is 3. The van der Waals surface area contributed by atoms with Gasteiger partial charge in [-0.05, 0) is 121 Å². The number of aromatic nitrogens is 20. The second-order valence-electron chi connectivity index (χ2n) is 30.5. The van der Waals surface area contributed by atoms with Gasteiger partial charge >= 0.3 is 11.6 Å². The summed E-state index contributed by atoms with van der Waals surface area (Å²) in [6.07, 6.45) is 11.9. The molecule has 10 N–H and O–H groups in total. The standard InChI is InChI=1S/2C24H24F2N10O2.C16H16ClN7O2.C8H7F2N3O2.C8H9F2N3.C5H3BrN2O2/c2*1-27-23(37)20-17(30-16-6-4-5-15(21(16)38-3)22-29-13-35(2)34-22)9-19(32-33-20)31-18-8-7-14(10-28-18)36-11-24(25,26)12-36;1-18-16(25)13-11(7-12(17)21-22-13)20-10-6-4-5-9(14(10)26-3)15-19-8-24(2)23-15;9-8(10)4-12(5-8)6-1-2-7(11-3-6)13(14)15;9-8(10)4-13(5-8)6-1-2-7(11)12-3-6;6-4-1-2-5(7-3-4)8(9)10/h2*4-10,13H,11-12H2,1-3H3,(H,27,37)(H2,28,30,31,32);4-8H,1-3H3,(H,18,25)(H,20,21);1-3H,4-5H2;1-3H,4-5H2,(H2,11,12);1-3H. The molecular formula is C85H83BrClF8N35O10. The van der Waals surface area contributed by atoms with Crippen LogP contribution in [0.1, 0.15) is 31.5 Å². The van der Waals surface area contributed by atoms with Crippen LogP contribution in [0.25, 0.3) is 34.2 Å². The van der Waals surface area contributed by atoms with E-state index >= 15 is 0 Å². The monoisotopic (exact) mass is 2020 g/mol. The van der Waals surface area contributed by atoms with Gasteiger partial charge in [-0.2, -0.15) is 15.3 Å². The minimum absolute atomic E-state index is 0.0588. The van der Waals surface area contributed by atoms with Gasteiger partial charge in [-0.25, -0.2) is 65.0 Å². The number of halogens is 10. The van der Waals surface area contributed by atoms with Crippen LogP contribution in [-0.2, 0) is 21.1 Å². The van der Waals surface area contributed by atoms with Crippen molar-refractivity contribution in [3.8, 4) is 51.4 Å². The van der Waals surface area contributed by atoms with Crippen molar-refractivity contribution in [3.05, 3.63) is 230 Å². The molecule has 45 nitrogen and oxygen atoms in total. The highest BCUT2D eigenvalue weighted by atomic mass is 79.9. The molecule has 4 aliphatic rings. The number of rotatable bonds is 25. The Morgan fingerprint density at radius 3 is 0.979 bits per heavy atom. The number of nitrogens with one attached hydrogen (secondary N) is 8. The van der Waals surface area contributed by atoms with Crippen molar-refractivity contribution in [3.63, 3.8) is 0 Å². The zero-order chi connectivity index (χ0) is 100. The number of para-hydroxylation sites is 3. The van der Waals surface area contributed by atoms with E-state index in [4.69, 9.17) is 31.5 Å². The fourth-order valence-electron chi connectivity index (χ4n) is 13.4. The largest absolute Gasteiger partial charge is 0.494 e. The van der Waals surface area contributed by atoms with Crippen LogP contribution in [0.5, 0.6) is 17.2 Å². The lowest BCUT2D eigenvalue weighted by atomic mass is 10.1. The molecular weight excluding hydrogens is 1940 g/mol. The fraction of sp³-hybridized carbons (Fsp3) is 0.247. The lowest BCUT2D eigenvalue weighted by Gasteiger charge is -2.40. The van der Waals surface area contributed by atoms with Gasteiger partial charge in [-0.15, -0.1) is 30.6 Å². The molecule has 3 amide bonds. The Morgan fingerprint density at radius 1 is 0.393 bits per heavy atom. The molecule has 55 heteroatoms. The number of benzene rings is 3. The number of hydrogen-bond donors (Lipinski definition) is 9. The summed E-state index contributed by atoms with van der Waals surface area (Å²) >= 11 is 9.04. The summed E-state index contributed by atoms with van der Waals surface area (Å²) in [5.41, 5.74) is 12.8. The molecule has 4 aliphatic heterocycles. The van der Waals surface area contributed by atoms with Gasteiger partial charge in [0.1, 0.15) is 36.4 Å². The van der Waals surface area contributed by atoms with E-state index in [0.717, 1.165) is 4.47 Å². The Balaban J connectivity index is 0.000000150. The van der Waals surface area contributed by atoms with E-state index in [2.05, 4.69) is 144 Å². The van der Waals surface area contributed by atoms with Crippen molar-refractivity contribution in [2.75, 3.05) is 147 Å². The van der Waals surface area contributed by atoms with Crippen LogP contribution in [0.2, 0.25) is 5.15 Å². The molecule has 0 atom stereocenters. The number of nitro groups is 2. The van der Waals surface area contributed by atoms with Gasteiger partial charge in [-0.1, -0.05) is 29.8 Å². The third-order valence-corrected chi connectivity index (χ3v) is 20.8. The third-order valence-electron chi connectivity index (χ3n) is 20.1. The molecule has 0 spiro atoms. The number of alkyl halides is 8. The number of carbonyl (C=O) groups excluding carboxylic acids is 3. The number of pyridine rings is 5. The summed E-state index contributed by atoms with van der Waals surface area (Å²) in [6.45, 7) is -2.47. The van der Waals surface area contributed by atoms with E-state index < -0.39 is 51.3 Å². The van der Waals surface area contributed by atoms with Gasteiger partial charge < -0.3 is 102 Å². The molecule has 3 aromatic carbocycles. The highest BCUT2D eigenvalue weighted by Crippen LogP contribution is 2.43. The van der Waals surface area contributed by atoms with Crippen molar-refractivity contribution in [2.24, 2.45) is 21.1 Å². The fourth-order valence-corrected chi connectivity index (χ4v) is 13.8. The molecule has 0 bridgehead atoms. The number of ether oxygens (including phenoxy) is 3. The molecule has 4 fully saturated rings. The quantitative estimate of drug-likeness (QED) is 0.0146. The normalized spacial score (nSPS) is 14.0. The van der Waals surface area contributed by atoms with Crippen LogP contribution in [0.4, 0.5) is 133 Å². The van der Waals surface area contributed by atoms with Gasteiger partial charge in [0, 0.05) is 72.6 Å². The molecule has 15 heterocycles. The second-order valence-corrected chi connectivity index (χ2v) is 31.8. The number of anilines is 15. The van der Waals surface area contributed by atoms with E-state index in [1.165, 1.54) is 95.5 Å². The van der Waals surface area contributed by atoms with Gasteiger partial charge in [0.2, 0.25) is 0 Å². The lowest BCUT2D eigenvalue weighted by Crippen LogP contribution is -2.56. The Hall–Kier alpha value is -17.1. The number of nitrogens with two attached hydrogens (primary N) is 1. The van der Waals surface area contributed by atoms with Crippen LogP contribution in [-0.4, -0.2) is 246 Å². The van der Waals surface area contributed by atoms with Gasteiger partial charge in [-0.3, -0.25) is 28.4 Å². The van der Waals surface area contributed by atoms with Gasteiger partial charge in [0.15, 0.2) is 81.0 Å². The Morgan fingerprint density at radius 2 is 0.707 bits per heavy atom. The SMILES string of the molecule is CNC(=O)c1nnc(Cl)cc1Nc1cccc(-c2ncn(C)n2)c1OC.CNC(=O)c1nnc(Nc2ccc(N3CC(F)(F)C3)cn2)cc1Nc1cccc(-c2ncn(C)n2)c1OC.CNC(=O)c1nnc(Nc2ccc(N3CC(F)(F)C3)cn2)cc1Nc1cccc(-c2ncn(C)n2)c1OC.Nc1ccc(N2CC(F)(F)C2)cn1.O=[N+]([O-])c1ccc(Br)cn1.O=[N+]([O-])c1ccc(N2CC(F)(F)C2)cn1. The maximum absolute atomic E-state index is 13.2. The van der Waals surface area contributed by atoms with Crippen molar-refractivity contribution < 1.29 is 73.6 Å². The average molecular weight is 2020 g/mol. The first-order chi connectivity index (χ1) is 66.8. The van der Waals surface area contributed by atoms with Crippen molar-refractivity contribution in [2.45, 2.75) is 23.7 Å². The Bertz CT molecular complexity index is 6520. The smallest absolute Gasteiger partial charge is 0.363 e. The zero-order valence-corrected chi connectivity index (χ0v) is 77.4. The minimum atomic E-state index is -2.67. The average Bonchev–Trinajstić information content (AvgIpc) is 1.61.